The fourth-order valence-electron chi connectivity index (χ4n) is 2.57. The standard InChI is InChI=1S/C13H23N3O2S2/c1-16(11-4-2-3-5-11)9-8-15-20(17,18)13-7-6-12(10-14)19-13/h6-7,11,15H,2-5,8-10,14H2,1H3. The molecule has 0 saturated heterocycles. The van der Waals surface area contributed by atoms with Crippen LogP contribution in [0.2, 0.25) is 0 Å². The minimum atomic E-state index is -3.38. The quantitative estimate of drug-likeness (QED) is 0.796. The number of hydrogen-bond acceptors (Lipinski definition) is 5. The summed E-state index contributed by atoms with van der Waals surface area (Å²) in [6, 6.07) is 4.00. The average Bonchev–Trinajstić information content (AvgIpc) is 3.10. The molecule has 1 aliphatic carbocycles. The molecule has 5 nitrogen and oxygen atoms in total. The highest BCUT2D eigenvalue weighted by molar-refractivity contribution is 7.91. The highest BCUT2D eigenvalue weighted by Crippen LogP contribution is 2.22. The van der Waals surface area contributed by atoms with Crippen molar-refractivity contribution in [3.8, 4) is 0 Å². The lowest BCUT2D eigenvalue weighted by molar-refractivity contribution is 0.250. The number of nitrogens with one attached hydrogen (secondary N) is 1. The Balaban J connectivity index is 1.83. The lowest BCUT2D eigenvalue weighted by Crippen LogP contribution is -2.37. The van der Waals surface area contributed by atoms with Crippen molar-refractivity contribution in [3.63, 3.8) is 0 Å². The number of thiophene rings is 1. The summed E-state index contributed by atoms with van der Waals surface area (Å²) in [5.74, 6) is 0. The number of sulfonamides is 1. The maximum atomic E-state index is 12.1. The molecule has 114 valence electrons. The first kappa shape index (κ1) is 15.9. The average molecular weight is 317 g/mol. The minimum absolute atomic E-state index is 0.349. The highest BCUT2D eigenvalue weighted by Gasteiger charge is 2.20. The predicted octanol–water partition coefficient (Wildman–Crippen LogP) is 1.36. The summed E-state index contributed by atoms with van der Waals surface area (Å²) in [4.78, 5) is 3.14. The molecule has 0 amide bonds. The van der Waals surface area contributed by atoms with E-state index in [-0.39, 0.29) is 0 Å². The Morgan fingerprint density at radius 1 is 1.40 bits per heavy atom. The zero-order valence-electron chi connectivity index (χ0n) is 11.8. The summed E-state index contributed by atoms with van der Waals surface area (Å²) in [5.41, 5.74) is 5.50. The van der Waals surface area contributed by atoms with Crippen molar-refractivity contribution in [3.05, 3.63) is 17.0 Å². The largest absolute Gasteiger partial charge is 0.326 e. The van der Waals surface area contributed by atoms with E-state index in [1.807, 2.05) is 0 Å². The molecule has 2 rings (SSSR count). The van der Waals surface area contributed by atoms with Crippen molar-refractivity contribution in [2.45, 2.75) is 42.5 Å². The fraction of sp³-hybridized carbons (Fsp3) is 0.692. The summed E-state index contributed by atoms with van der Waals surface area (Å²) in [5, 5.41) is 0. The summed E-state index contributed by atoms with van der Waals surface area (Å²) in [7, 11) is -1.31. The van der Waals surface area contributed by atoms with E-state index in [1.54, 1.807) is 12.1 Å². The molecular weight excluding hydrogens is 294 g/mol. The van der Waals surface area contributed by atoms with E-state index in [1.165, 1.54) is 37.0 Å². The first-order valence-corrected chi connectivity index (χ1v) is 9.31. The van der Waals surface area contributed by atoms with Crippen LogP contribution in [0.25, 0.3) is 0 Å². The van der Waals surface area contributed by atoms with Gasteiger partial charge in [0, 0.05) is 30.6 Å². The van der Waals surface area contributed by atoms with Crippen molar-refractivity contribution in [2.75, 3.05) is 20.1 Å². The van der Waals surface area contributed by atoms with Crippen LogP contribution in [-0.4, -0.2) is 39.5 Å². The number of hydrogen-bond donors (Lipinski definition) is 2. The lowest BCUT2D eigenvalue weighted by Gasteiger charge is -2.23. The summed E-state index contributed by atoms with van der Waals surface area (Å²) < 4.78 is 27.2. The van der Waals surface area contributed by atoms with Gasteiger partial charge in [0.15, 0.2) is 0 Å². The molecule has 0 unspecified atom stereocenters. The number of nitrogens with zero attached hydrogens (tertiary/aromatic N) is 1. The predicted molar refractivity (Wildman–Crippen MR) is 82.3 cm³/mol. The molecule has 0 bridgehead atoms. The van der Waals surface area contributed by atoms with Crippen LogP contribution in [0.1, 0.15) is 30.6 Å². The van der Waals surface area contributed by atoms with Crippen LogP contribution in [0.3, 0.4) is 0 Å². The molecule has 1 aliphatic rings. The molecule has 20 heavy (non-hydrogen) atoms. The normalized spacial score (nSPS) is 17.1. The summed E-state index contributed by atoms with van der Waals surface area (Å²) in [6.07, 6.45) is 5.04. The van der Waals surface area contributed by atoms with E-state index >= 15 is 0 Å². The van der Waals surface area contributed by atoms with Gasteiger partial charge in [-0.05, 0) is 32.0 Å². The second kappa shape index (κ2) is 7.00. The van der Waals surface area contributed by atoms with Gasteiger partial charge in [0.25, 0.3) is 0 Å². The molecule has 0 aromatic carbocycles. The van der Waals surface area contributed by atoms with Crippen molar-refractivity contribution < 1.29 is 8.42 Å². The van der Waals surface area contributed by atoms with Crippen LogP contribution < -0.4 is 10.5 Å². The van der Waals surface area contributed by atoms with Gasteiger partial charge in [0.1, 0.15) is 4.21 Å². The third-order valence-corrected chi connectivity index (χ3v) is 6.87. The molecule has 1 aromatic rings. The van der Waals surface area contributed by atoms with Crippen LogP contribution in [0, 0.1) is 0 Å². The topological polar surface area (TPSA) is 75.4 Å². The minimum Gasteiger partial charge on any atom is -0.326 e. The third-order valence-electron chi connectivity index (χ3n) is 3.81. The summed E-state index contributed by atoms with van der Waals surface area (Å²) in [6.45, 7) is 1.58. The second-order valence-electron chi connectivity index (χ2n) is 5.24. The zero-order chi connectivity index (χ0) is 14.6. The van der Waals surface area contributed by atoms with Gasteiger partial charge in [-0.2, -0.15) is 0 Å². The second-order valence-corrected chi connectivity index (χ2v) is 8.40. The third kappa shape index (κ3) is 4.02. The van der Waals surface area contributed by atoms with Crippen molar-refractivity contribution in [1.82, 2.24) is 9.62 Å². The Bertz CT molecular complexity index is 521. The van der Waals surface area contributed by atoms with E-state index in [4.69, 9.17) is 5.73 Å². The molecule has 0 atom stereocenters. The van der Waals surface area contributed by atoms with E-state index in [2.05, 4.69) is 16.7 Å². The van der Waals surface area contributed by atoms with Crippen LogP contribution in [-0.2, 0) is 16.6 Å². The summed E-state index contributed by atoms with van der Waals surface area (Å²) >= 11 is 1.23. The van der Waals surface area contributed by atoms with Gasteiger partial charge in [-0.3, -0.25) is 0 Å². The molecule has 1 heterocycles. The van der Waals surface area contributed by atoms with E-state index < -0.39 is 10.0 Å². The smallest absolute Gasteiger partial charge is 0.250 e. The van der Waals surface area contributed by atoms with Gasteiger partial charge in [-0.25, -0.2) is 13.1 Å². The van der Waals surface area contributed by atoms with Gasteiger partial charge in [0.2, 0.25) is 10.0 Å². The van der Waals surface area contributed by atoms with Gasteiger partial charge >= 0.3 is 0 Å². The van der Waals surface area contributed by atoms with Gasteiger partial charge < -0.3 is 10.6 Å². The molecule has 1 saturated carbocycles. The van der Waals surface area contributed by atoms with Crippen molar-refractivity contribution in [1.29, 1.82) is 0 Å². The van der Waals surface area contributed by atoms with Gasteiger partial charge in [0.05, 0.1) is 0 Å². The molecule has 1 aromatic heterocycles. The fourth-order valence-corrected chi connectivity index (χ4v) is 4.87. The maximum Gasteiger partial charge on any atom is 0.250 e. The van der Waals surface area contributed by atoms with E-state index in [9.17, 15) is 8.42 Å². The van der Waals surface area contributed by atoms with E-state index in [0.29, 0.717) is 23.3 Å². The zero-order valence-corrected chi connectivity index (χ0v) is 13.5. The molecule has 3 N–H and O–H groups in total. The maximum absolute atomic E-state index is 12.1. The Hall–Kier alpha value is -0.470. The number of likely N-dealkylation sites (N-methyl/N-ethyl adjacent to an activating group) is 1. The Morgan fingerprint density at radius 2 is 2.10 bits per heavy atom. The van der Waals surface area contributed by atoms with Crippen molar-refractivity contribution in [2.24, 2.45) is 5.73 Å². The first-order valence-electron chi connectivity index (χ1n) is 7.01. The molecule has 0 aliphatic heterocycles. The van der Waals surface area contributed by atoms with Crippen LogP contribution in [0.15, 0.2) is 16.3 Å². The van der Waals surface area contributed by atoms with E-state index in [0.717, 1.165) is 11.4 Å². The Morgan fingerprint density at radius 3 is 2.70 bits per heavy atom. The Labute approximate surface area is 125 Å². The molecule has 1 fully saturated rings. The lowest BCUT2D eigenvalue weighted by atomic mass is 10.2. The Kier molecular flexibility index (Phi) is 5.57. The molecule has 0 radical (unpaired) electrons. The highest BCUT2D eigenvalue weighted by atomic mass is 32.2. The van der Waals surface area contributed by atoms with Gasteiger partial charge in [-0.1, -0.05) is 12.8 Å². The first-order chi connectivity index (χ1) is 9.53. The SMILES string of the molecule is CN(CCNS(=O)(=O)c1ccc(CN)s1)C1CCCC1. The van der Waals surface area contributed by atoms with Crippen LogP contribution >= 0.6 is 11.3 Å². The van der Waals surface area contributed by atoms with Gasteiger partial charge in [-0.15, -0.1) is 11.3 Å². The molecular formula is C13H23N3O2S2. The molecule has 0 spiro atoms. The number of rotatable bonds is 7. The van der Waals surface area contributed by atoms with Crippen LogP contribution in [0.5, 0.6) is 0 Å². The molecule has 7 heteroatoms. The number of nitrogens with two attached hydrogens (primary N) is 1. The van der Waals surface area contributed by atoms with Crippen molar-refractivity contribution >= 4 is 21.4 Å². The monoisotopic (exact) mass is 317 g/mol. The van der Waals surface area contributed by atoms with Crippen LogP contribution in [0.4, 0.5) is 0 Å².